The lowest BCUT2D eigenvalue weighted by atomic mass is 9.96. The topological polar surface area (TPSA) is 83.8 Å². The molecule has 0 bridgehead atoms. The molecular weight excluding hydrogens is 528 g/mol. The van der Waals surface area contributed by atoms with Crippen LogP contribution in [-0.4, -0.2) is 58.2 Å². The number of nitrogens with zero attached hydrogens (tertiary/aromatic N) is 4. The van der Waals surface area contributed by atoms with E-state index in [0.717, 1.165) is 23.1 Å². The number of alkyl halides is 3. The summed E-state index contributed by atoms with van der Waals surface area (Å²) in [6.07, 6.45) is -0.327. The molecule has 1 amide bonds. The molecular formula is C28H26F4N6O2. The number of imidazole rings is 1. The summed E-state index contributed by atoms with van der Waals surface area (Å²) in [6, 6.07) is 9.94. The SMILES string of the molecule is CN(Cc1nc(Nc2ccc(-c3cnc4cc(F)ccn34)c3c2C(=O)NC3)ccc1[C@H]1CCOC1)CC(F)(F)F. The Hall–Kier alpha value is -4.03. The molecule has 1 saturated heterocycles. The van der Waals surface area contributed by atoms with Crippen molar-refractivity contribution in [1.82, 2.24) is 24.6 Å². The summed E-state index contributed by atoms with van der Waals surface area (Å²) in [4.78, 5) is 23.1. The molecule has 1 aromatic carbocycles. The van der Waals surface area contributed by atoms with E-state index < -0.39 is 18.5 Å². The fraction of sp³-hybridized carbons (Fsp3) is 0.321. The van der Waals surface area contributed by atoms with Gasteiger partial charge in [0.15, 0.2) is 0 Å². The fourth-order valence-electron chi connectivity index (χ4n) is 5.46. The molecule has 1 fully saturated rings. The van der Waals surface area contributed by atoms with Crippen molar-refractivity contribution in [3.63, 3.8) is 0 Å². The van der Waals surface area contributed by atoms with Crippen molar-refractivity contribution in [2.24, 2.45) is 0 Å². The van der Waals surface area contributed by atoms with E-state index in [-0.39, 0.29) is 18.4 Å². The minimum atomic E-state index is -4.33. The number of carbonyl (C=O) groups excluding carboxylic acids is 1. The fourth-order valence-corrected chi connectivity index (χ4v) is 5.46. The maximum atomic E-state index is 13.7. The van der Waals surface area contributed by atoms with E-state index in [0.29, 0.717) is 53.9 Å². The molecule has 5 heterocycles. The molecule has 0 unspecified atom stereocenters. The smallest absolute Gasteiger partial charge is 0.381 e. The maximum Gasteiger partial charge on any atom is 0.401 e. The number of nitrogens with one attached hydrogen (secondary N) is 2. The van der Waals surface area contributed by atoms with E-state index in [2.05, 4.69) is 15.6 Å². The van der Waals surface area contributed by atoms with Crippen LogP contribution in [0.2, 0.25) is 0 Å². The van der Waals surface area contributed by atoms with Crippen LogP contribution < -0.4 is 10.6 Å². The molecule has 2 N–H and O–H groups in total. The van der Waals surface area contributed by atoms with E-state index in [9.17, 15) is 22.4 Å². The van der Waals surface area contributed by atoms with Crippen molar-refractivity contribution in [2.75, 3.05) is 32.1 Å². The normalized spacial score (nSPS) is 17.1. The molecule has 3 aromatic heterocycles. The number of benzene rings is 1. The number of hydrogen-bond donors (Lipinski definition) is 2. The molecule has 8 nitrogen and oxygen atoms in total. The van der Waals surface area contributed by atoms with Crippen LogP contribution >= 0.6 is 0 Å². The number of anilines is 2. The van der Waals surface area contributed by atoms with Gasteiger partial charge in [0.25, 0.3) is 5.91 Å². The second kappa shape index (κ2) is 10.2. The Bertz CT molecular complexity index is 1600. The molecule has 208 valence electrons. The first-order valence-electron chi connectivity index (χ1n) is 12.8. The Morgan fingerprint density at radius 2 is 2.08 bits per heavy atom. The molecule has 2 aliphatic rings. The molecule has 2 aliphatic heterocycles. The van der Waals surface area contributed by atoms with Crippen LogP contribution in [-0.2, 0) is 17.8 Å². The van der Waals surface area contributed by atoms with Crippen LogP contribution in [0.1, 0.15) is 39.5 Å². The third kappa shape index (κ3) is 5.11. The molecule has 0 aliphatic carbocycles. The Morgan fingerprint density at radius 3 is 2.85 bits per heavy atom. The number of hydrogen-bond acceptors (Lipinski definition) is 6. The van der Waals surface area contributed by atoms with Crippen LogP contribution in [0.5, 0.6) is 0 Å². The quantitative estimate of drug-likeness (QED) is 0.312. The van der Waals surface area contributed by atoms with Gasteiger partial charge in [-0.1, -0.05) is 12.1 Å². The third-order valence-corrected chi connectivity index (χ3v) is 7.23. The average molecular weight is 555 g/mol. The van der Waals surface area contributed by atoms with Crippen LogP contribution in [0, 0.1) is 5.82 Å². The van der Waals surface area contributed by atoms with E-state index >= 15 is 0 Å². The molecule has 40 heavy (non-hydrogen) atoms. The van der Waals surface area contributed by atoms with E-state index in [1.165, 1.54) is 24.1 Å². The first kappa shape index (κ1) is 26.2. The monoisotopic (exact) mass is 554 g/mol. The summed E-state index contributed by atoms with van der Waals surface area (Å²) in [5, 5.41) is 6.08. The lowest BCUT2D eigenvalue weighted by Crippen LogP contribution is -2.31. The molecule has 6 rings (SSSR count). The Morgan fingerprint density at radius 1 is 1.23 bits per heavy atom. The zero-order chi connectivity index (χ0) is 28.0. The lowest BCUT2D eigenvalue weighted by molar-refractivity contribution is -0.144. The number of halogens is 4. The number of ether oxygens (including phenoxy) is 1. The van der Waals surface area contributed by atoms with Gasteiger partial charge < -0.3 is 15.4 Å². The predicted molar refractivity (Wildman–Crippen MR) is 140 cm³/mol. The van der Waals surface area contributed by atoms with E-state index in [1.807, 2.05) is 12.1 Å². The van der Waals surface area contributed by atoms with Crippen molar-refractivity contribution in [3.8, 4) is 11.3 Å². The number of amides is 1. The minimum absolute atomic E-state index is 0.00722. The largest absolute Gasteiger partial charge is 0.401 e. The Kier molecular flexibility index (Phi) is 6.67. The zero-order valence-corrected chi connectivity index (χ0v) is 21.6. The highest BCUT2D eigenvalue weighted by Gasteiger charge is 2.31. The molecule has 0 spiro atoms. The number of rotatable bonds is 7. The zero-order valence-electron chi connectivity index (χ0n) is 21.6. The summed E-state index contributed by atoms with van der Waals surface area (Å²) in [7, 11) is 1.41. The van der Waals surface area contributed by atoms with Crippen molar-refractivity contribution in [2.45, 2.75) is 31.6 Å². The van der Waals surface area contributed by atoms with Crippen molar-refractivity contribution in [3.05, 3.63) is 77.0 Å². The molecule has 0 saturated carbocycles. The van der Waals surface area contributed by atoms with Gasteiger partial charge in [0, 0.05) is 43.4 Å². The number of pyridine rings is 2. The van der Waals surface area contributed by atoms with Crippen LogP contribution in [0.3, 0.4) is 0 Å². The van der Waals surface area contributed by atoms with Crippen LogP contribution in [0.4, 0.5) is 29.1 Å². The third-order valence-electron chi connectivity index (χ3n) is 7.23. The van der Waals surface area contributed by atoms with Gasteiger partial charge in [-0.05, 0) is 42.8 Å². The van der Waals surface area contributed by atoms with Gasteiger partial charge >= 0.3 is 6.18 Å². The lowest BCUT2D eigenvalue weighted by Gasteiger charge is -2.22. The van der Waals surface area contributed by atoms with Crippen LogP contribution in [0.25, 0.3) is 16.9 Å². The highest BCUT2D eigenvalue weighted by atomic mass is 19.4. The number of aromatic nitrogens is 3. The van der Waals surface area contributed by atoms with Crippen molar-refractivity contribution < 1.29 is 27.1 Å². The van der Waals surface area contributed by atoms with Crippen LogP contribution in [0.15, 0.2) is 48.8 Å². The van der Waals surface area contributed by atoms with Gasteiger partial charge in [-0.25, -0.2) is 14.4 Å². The highest BCUT2D eigenvalue weighted by molar-refractivity contribution is 6.06. The summed E-state index contributed by atoms with van der Waals surface area (Å²) in [5.74, 6) is -0.180. The molecule has 1 atom stereocenters. The van der Waals surface area contributed by atoms with Gasteiger partial charge in [-0.2, -0.15) is 13.2 Å². The number of carbonyl (C=O) groups is 1. The van der Waals surface area contributed by atoms with E-state index in [4.69, 9.17) is 9.72 Å². The number of fused-ring (bicyclic) bond motifs is 2. The summed E-state index contributed by atoms with van der Waals surface area (Å²) in [5.41, 5.74) is 5.05. The van der Waals surface area contributed by atoms with Gasteiger partial charge in [0.1, 0.15) is 17.3 Å². The summed E-state index contributed by atoms with van der Waals surface area (Å²) >= 11 is 0. The van der Waals surface area contributed by atoms with E-state index in [1.54, 1.807) is 28.9 Å². The van der Waals surface area contributed by atoms with Crippen molar-refractivity contribution in [1.29, 1.82) is 0 Å². The summed E-state index contributed by atoms with van der Waals surface area (Å²) in [6.45, 7) is 0.341. The Labute approximate surface area is 227 Å². The highest BCUT2D eigenvalue weighted by Crippen LogP contribution is 2.36. The van der Waals surface area contributed by atoms with Gasteiger partial charge in [0.05, 0.1) is 42.0 Å². The van der Waals surface area contributed by atoms with Gasteiger partial charge in [-0.15, -0.1) is 0 Å². The first-order chi connectivity index (χ1) is 19.2. The predicted octanol–water partition coefficient (Wildman–Crippen LogP) is 5.02. The Balaban J connectivity index is 1.35. The molecule has 12 heteroatoms. The molecule has 0 radical (unpaired) electrons. The second-order valence-corrected chi connectivity index (χ2v) is 10.1. The summed E-state index contributed by atoms with van der Waals surface area (Å²) < 4.78 is 60.0. The standard InChI is InChI=1S/C28H26F4N6O2/c1-37(15-28(30,31)32)13-22-18(16-7-9-40-14-16)3-5-24(36-22)35-21-4-2-19(20-11-34-27(39)26(20)21)23-12-33-25-10-17(29)6-8-38(23)25/h2-6,8,10,12,16H,7,9,11,13-15H2,1H3,(H,34,39)(H,35,36)/t16-/m0/s1. The van der Waals surface area contributed by atoms with Crippen molar-refractivity contribution >= 4 is 23.1 Å². The molecule has 4 aromatic rings. The second-order valence-electron chi connectivity index (χ2n) is 10.1. The van der Waals surface area contributed by atoms with Gasteiger partial charge in [0.2, 0.25) is 0 Å². The maximum absolute atomic E-state index is 13.7. The minimum Gasteiger partial charge on any atom is -0.381 e. The average Bonchev–Trinajstić information content (AvgIpc) is 3.64. The first-order valence-corrected chi connectivity index (χ1v) is 12.8. The van der Waals surface area contributed by atoms with Gasteiger partial charge in [-0.3, -0.25) is 14.1 Å².